The Labute approximate surface area is 363 Å². The van der Waals surface area contributed by atoms with Crippen molar-refractivity contribution in [2.24, 2.45) is 0 Å². The van der Waals surface area contributed by atoms with Gasteiger partial charge in [0.1, 0.15) is 11.2 Å². The third-order valence-electron chi connectivity index (χ3n) is 12.3. The smallest absolute Gasteiger partial charge is 0.164 e. The summed E-state index contributed by atoms with van der Waals surface area (Å²) < 4.78 is 9.10. The number of rotatable bonds is 7. The van der Waals surface area contributed by atoms with E-state index in [1.54, 1.807) is 6.08 Å². The first kappa shape index (κ1) is 36.3. The Balaban J connectivity index is 1.02. The van der Waals surface area contributed by atoms with Gasteiger partial charge in [-0.15, -0.1) is 6.42 Å². The largest absolute Gasteiger partial charge is 0.456 e. The van der Waals surface area contributed by atoms with Gasteiger partial charge in [0.25, 0.3) is 0 Å². The number of fused-ring (bicyclic) bond motifs is 9. The van der Waals surface area contributed by atoms with E-state index in [2.05, 4.69) is 180 Å². The first-order valence-electron chi connectivity index (χ1n) is 21.1. The van der Waals surface area contributed by atoms with Crippen LogP contribution < -0.4 is 0 Å². The van der Waals surface area contributed by atoms with Crippen LogP contribution in [-0.4, -0.2) is 19.4 Å². The molecule has 12 aromatic rings. The van der Waals surface area contributed by atoms with Crippen molar-refractivity contribution in [3.05, 3.63) is 200 Å². The molecular formula is C58H36N4O. The van der Waals surface area contributed by atoms with Crippen LogP contribution in [0.4, 0.5) is 0 Å². The SMILES string of the molecule is C#C/C=C\C(=C/C)c1ccc(-c2nc(-c3cccc(-c4ccccc4)c3)nc(-c3cccc(-c4cccc5oc6cc7c8cccc9c%10ccccc%10n(c7cc6c45)c98)c3)n2)cc1. The molecule has 0 atom stereocenters. The van der Waals surface area contributed by atoms with Gasteiger partial charge in [-0.3, -0.25) is 0 Å². The van der Waals surface area contributed by atoms with Crippen molar-refractivity contribution in [3.8, 4) is 68.8 Å². The summed E-state index contributed by atoms with van der Waals surface area (Å²) in [6.07, 6.45) is 11.2. The lowest BCUT2D eigenvalue weighted by Gasteiger charge is -2.11. The lowest BCUT2D eigenvalue weighted by molar-refractivity contribution is 0.669. The normalized spacial score (nSPS) is 12.2. The minimum absolute atomic E-state index is 0.584. The highest BCUT2D eigenvalue weighted by molar-refractivity contribution is 6.26. The molecule has 0 aliphatic rings. The summed E-state index contributed by atoms with van der Waals surface area (Å²) >= 11 is 0. The Morgan fingerprint density at radius 2 is 1.13 bits per heavy atom. The molecule has 294 valence electrons. The van der Waals surface area contributed by atoms with E-state index in [1.807, 2.05) is 25.1 Å². The Morgan fingerprint density at radius 3 is 1.89 bits per heavy atom. The number of furan rings is 1. The fourth-order valence-electron chi connectivity index (χ4n) is 9.35. The second-order valence-electron chi connectivity index (χ2n) is 15.9. The van der Waals surface area contributed by atoms with Crippen LogP contribution in [0, 0.1) is 12.3 Å². The number of aromatic nitrogens is 4. The number of nitrogens with zero attached hydrogens (tertiary/aromatic N) is 4. The summed E-state index contributed by atoms with van der Waals surface area (Å²) in [5.74, 6) is 4.36. The average molecular weight is 805 g/mol. The molecular weight excluding hydrogens is 769 g/mol. The lowest BCUT2D eigenvalue weighted by atomic mass is 9.97. The second kappa shape index (κ2) is 14.6. The highest BCUT2D eigenvalue weighted by Crippen LogP contribution is 2.44. The van der Waals surface area contributed by atoms with Crippen molar-refractivity contribution in [2.75, 3.05) is 0 Å². The second-order valence-corrected chi connectivity index (χ2v) is 15.9. The van der Waals surface area contributed by atoms with Crippen LogP contribution in [0.1, 0.15) is 12.5 Å². The first-order valence-corrected chi connectivity index (χ1v) is 21.1. The van der Waals surface area contributed by atoms with Crippen molar-refractivity contribution in [3.63, 3.8) is 0 Å². The standard InChI is InChI=1S/C58H36N4O/c1-3-5-15-36(4-2)38-28-30-39(31-29-38)56-59-57(42-20-11-18-40(32-42)37-16-7-6-8-17-37)61-58(60-56)43-21-12-19-41(33-43)44-23-14-27-52-54(44)49-34-51-48(35-53(49)63-52)47-25-13-24-46-45-22-9-10-26-50(45)62(51)55(46)47/h1,4-35H,2H3/b15-5-,36-4+. The van der Waals surface area contributed by atoms with E-state index in [-0.39, 0.29) is 0 Å². The highest BCUT2D eigenvalue weighted by atomic mass is 16.3. The zero-order valence-electron chi connectivity index (χ0n) is 34.2. The molecule has 0 bridgehead atoms. The minimum atomic E-state index is 0.584. The van der Waals surface area contributed by atoms with E-state index in [0.29, 0.717) is 17.5 Å². The van der Waals surface area contributed by atoms with Crippen molar-refractivity contribution in [1.29, 1.82) is 0 Å². The van der Waals surface area contributed by atoms with Gasteiger partial charge in [-0.1, -0.05) is 152 Å². The number of allylic oxidation sites excluding steroid dienone is 4. The quantitative estimate of drug-likeness (QED) is 0.119. The minimum Gasteiger partial charge on any atom is -0.456 e. The van der Waals surface area contributed by atoms with Gasteiger partial charge in [0.05, 0.1) is 16.6 Å². The summed E-state index contributed by atoms with van der Waals surface area (Å²) in [4.78, 5) is 15.4. The maximum atomic E-state index is 6.68. The van der Waals surface area contributed by atoms with Crippen molar-refractivity contribution in [1.82, 2.24) is 19.4 Å². The van der Waals surface area contributed by atoms with Gasteiger partial charge in [0.2, 0.25) is 0 Å². The van der Waals surface area contributed by atoms with Gasteiger partial charge in [-0.2, -0.15) is 0 Å². The van der Waals surface area contributed by atoms with Gasteiger partial charge in [-0.25, -0.2) is 15.0 Å². The molecule has 0 unspecified atom stereocenters. The molecule has 0 radical (unpaired) electrons. The molecule has 5 heteroatoms. The van der Waals surface area contributed by atoms with Crippen LogP contribution in [0.5, 0.6) is 0 Å². The van der Waals surface area contributed by atoms with Gasteiger partial charge in [0, 0.05) is 49.0 Å². The van der Waals surface area contributed by atoms with Gasteiger partial charge in [-0.05, 0) is 88.9 Å². The Kier molecular flexibility index (Phi) is 8.38. The highest BCUT2D eigenvalue weighted by Gasteiger charge is 2.21. The summed E-state index contributed by atoms with van der Waals surface area (Å²) in [6, 6.07) is 61.7. The fraction of sp³-hybridized carbons (Fsp3) is 0.0172. The van der Waals surface area contributed by atoms with Crippen LogP contribution in [0.25, 0.3) is 122 Å². The van der Waals surface area contributed by atoms with E-state index in [0.717, 1.165) is 72.0 Å². The van der Waals surface area contributed by atoms with Crippen LogP contribution >= 0.6 is 0 Å². The zero-order valence-corrected chi connectivity index (χ0v) is 34.2. The number of para-hydroxylation sites is 2. The molecule has 4 heterocycles. The molecule has 0 N–H and O–H groups in total. The fourth-order valence-corrected chi connectivity index (χ4v) is 9.35. The third kappa shape index (κ3) is 5.92. The molecule has 0 aliphatic heterocycles. The zero-order chi connectivity index (χ0) is 42.0. The Hall–Kier alpha value is -8.59. The van der Waals surface area contributed by atoms with Crippen LogP contribution in [0.15, 0.2) is 199 Å². The molecule has 8 aromatic carbocycles. The molecule has 5 nitrogen and oxygen atoms in total. The van der Waals surface area contributed by atoms with E-state index < -0.39 is 0 Å². The third-order valence-corrected chi connectivity index (χ3v) is 12.3. The van der Waals surface area contributed by atoms with Crippen molar-refractivity contribution < 1.29 is 4.42 Å². The molecule has 63 heavy (non-hydrogen) atoms. The molecule has 0 saturated heterocycles. The van der Waals surface area contributed by atoms with E-state index in [9.17, 15) is 0 Å². The van der Waals surface area contributed by atoms with Crippen LogP contribution in [-0.2, 0) is 0 Å². The maximum Gasteiger partial charge on any atom is 0.164 e. The van der Waals surface area contributed by atoms with Crippen molar-refractivity contribution in [2.45, 2.75) is 6.92 Å². The molecule has 12 rings (SSSR count). The predicted octanol–water partition coefficient (Wildman–Crippen LogP) is 14.8. The molecule has 0 aliphatic carbocycles. The van der Waals surface area contributed by atoms with Gasteiger partial charge < -0.3 is 8.82 Å². The molecule has 0 spiro atoms. The van der Waals surface area contributed by atoms with E-state index in [1.165, 1.54) is 38.1 Å². The monoisotopic (exact) mass is 804 g/mol. The Bertz CT molecular complexity index is 3860. The van der Waals surface area contributed by atoms with E-state index >= 15 is 0 Å². The molecule has 4 aromatic heterocycles. The molecule has 0 fully saturated rings. The number of hydrogen-bond donors (Lipinski definition) is 0. The Morgan fingerprint density at radius 1 is 0.508 bits per heavy atom. The number of hydrogen-bond acceptors (Lipinski definition) is 4. The van der Waals surface area contributed by atoms with Crippen LogP contribution in [0.3, 0.4) is 0 Å². The summed E-state index contributed by atoms with van der Waals surface area (Å²) in [5, 5.41) is 7.09. The maximum absolute atomic E-state index is 6.68. The van der Waals surface area contributed by atoms with Gasteiger partial charge >= 0.3 is 0 Å². The summed E-state index contributed by atoms with van der Waals surface area (Å²) in [5.41, 5.74) is 14.4. The summed E-state index contributed by atoms with van der Waals surface area (Å²) in [7, 11) is 0. The topological polar surface area (TPSA) is 56.2 Å². The molecule has 0 saturated carbocycles. The van der Waals surface area contributed by atoms with Crippen molar-refractivity contribution >= 4 is 65.6 Å². The predicted molar refractivity (Wildman–Crippen MR) is 261 cm³/mol. The lowest BCUT2D eigenvalue weighted by Crippen LogP contribution is -2.00. The first-order chi connectivity index (χ1) is 31.1. The van der Waals surface area contributed by atoms with Gasteiger partial charge in [0.15, 0.2) is 17.5 Å². The number of benzene rings is 8. The average Bonchev–Trinajstić information content (AvgIpc) is 4.00. The summed E-state index contributed by atoms with van der Waals surface area (Å²) in [6.45, 7) is 2.01. The molecule has 0 amide bonds. The number of terminal acetylenes is 1. The van der Waals surface area contributed by atoms with Crippen LogP contribution in [0.2, 0.25) is 0 Å². The van der Waals surface area contributed by atoms with E-state index in [4.69, 9.17) is 25.8 Å².